The van der Waals surface area contributed by atoms with Crippen molar-refractivity contribution >= 4 is 11.9 Å². The largest absolute Gasteiger partial charge is 0.486 e. The molecule has 2 atom stereocenters. The number of benzene rings is 1. The van der Waals surface area contributed by atoms with Gasteiger partial charge in [0.15, 0.2) is 11.5 Å². The number of rotatable bonds is 2. The molecule has 0 fully saturated rings. The Morgan fingerprint density at radius 1 is 1.43 bits per heavy atom. The van der Waals surface area contributed by atoms with Crippen LogP contribution in [-0.2, 0) is 0 Å². The zero-order valence-corrected chi connectivity index (χ0v) is 11.6. The van der Waals surface area contributed by atoms with Gasteiger partial charge in [0, 0.05) is 0 Å². The summed E-state index contributed by atoms with van der Waals surface area (Å²) in [5.74, 6) is 4.10. The molecule has 2 N–H and O–H groups in total. The predicted octanol–water partition coefficient (Wildman–Crippen LogP) is 1.31. The number of fused-ring (bicyclic) bond motifs is 1. The first-order valence-corrected chi connectivity index (χ1v) is 6.64. The summed E-state index contributed by atoms with van der Waals surface area (Å²) in [5.41, 5.74) is 6.71. The number of aliphatic imine (C=N–C) groups is 1. The van der Waals surface area contributed by atoms with Crippen molar-refractivity contribution in [1.82, 2.24) is 4.90 Å². The predicted molar refractivity (Wildman–Crippen MR) is 77.3 cm³/mol. The number of hydrogen-bond acceptors (Lipinski definition) is 4. The maximum absolute atomic E-state index is 12.0. The second-order valence-corrected chi connectivity index (χ2v) is 4.87. The van der Waals surface area contributed by atoms with Crippen molar-refractivity contribution in [2.24, 2.45) is 10.7 Å². The third kappa shape index (κ3) is 2.17. The molecule has 1 aromatic carbocycles. The van der Waals surface area contributed by atoms with Gasteiger partial charge >= 0.3 is 6.03 Å². The average Bonchev–Trinajstić information content (AvgIpc) is 2.80. The van der Waals surface area contributed by atoms with Crippen LogP contribution in [0.2, 0.25) is 0 Å². The lowest BCUT2D eigenvalue weighted by Crippen LogP contribution is -2.39. The zero-order chi connectivity index (χ0) is 15.0. The molecule has 0 spiro atoms. The third-order valence-corrected chi connectivity index (χ3v) is 3.54. The minimum absolute atomic E-state index is 0.235. The number of hydrogen-bond donors (Lipinski definition) is 1. The minimum Gasteiger partial charge on any atom is -0.486 e. The molecule has 2 aliphatic heterocycles. The topological polar surface area (TPSA) is 77.2 Å². The van der Waals surface area contributed by atoms with Crippen molar-refractivity contribution in [3.8, 4) is 23.8 Å². The lowest BCUT2D eigenvalue weighted by molar-refractivity contribution is 0.170. The molecule has 0 saturated heterocycles. The van der Waals surface area contributed by atoms with E-state index in [-0.39, 0.29) is 5.84 Å². The van der Waals surface area contributed by atoms with Crippen LogP contribution in [-0.4, -0.2) is 36.0 Å². The van der Waals surface area contributed by atoms with E-state index in [1.807, 2.05) is 12.1 Å². The van der Waals surface area contributed by atoms with E-state index in [1.165, 1.54) is 4.90 Å². The number of amidine groups is 1. The molecule has 0 aromatic heterocycles. The van der Waals surface area contributed by atoms with Crippen LogP contribution in [0.1, 0.15) is 18.5 Å². The van der Waals surface area contributed by atoms with Crippen molar-refractivity contribution in [2.75, 3.05) is 13.2 Å². The van der Waals surface area contributed by atoms with Crippen LogP contribution in [0, 0.1) is 12.3 Å². The van der Waals surface area contributed by atoms with Crippen molar-refractivity contribution in [3.63, 3.8) is 0 Å². The first-order valence-electron chi connectivity index (χ1n) is 6.64. The average molecular weight is 285 g/mol. The summed E-state index contributed by atoms with van der Waals surface area (Å²) >= 11 is 0. The number of terminal acetylenes is 1. The van der Waals surface area contributed by atoms with Gasteiger partial charge in [-0.15, -0.1) is 6.42 Å². The van der Waals surface area contributed by atoms with Crippen molar-refractivity contribution < 1.29 is 14.3 Å². The second-order valence-electron chi connectivity index (χ2n) is 4.87. The van der Waals surface area contributed by atoms with E-state index >= 15 is 0 Å². The molecule has 6 nitrogen and oxygen atoms in total. The number of amides is 2. The van der Waals surface area contributed by atoms with Crippen LogP contribution in [0.15, 0.2) is 23.2 Å². The van der Waals surface area contributed by atoms with Gasteiger partial charge < -0.3 is 15.2 Å². The summed E-state index contributed by atoms with van der Waals surface area (Å²) in [5, 5.41) is 0. The summed E-state index contributed by atoms with van der Waals surface area (Å²) in [6.45, 7) is 2.78. The normalized spacial score (nSPS) is 21.7. The molecule has 2 aliphatic rings. The van der Waals surface area contributed by atoms with Crippen molar-refractivity contribution in [3.05, 3.63) is 23.8 Å². The molecule has 0 aliphatic carbocycles. The molecule has 108 valence electrons. The Kier molecular flexibility index (Phi) is 3.18. The molecule has 2 heterocycles. The lowest BCUT2D eigenvalue weighted by Gasteiger charge is -2.28. The van der Waals surface area contributed by atoms with Gasteiger partial charge in [-0.2, -0.15) is 4.99 Å². The fourth-order valence-electron chi connectivity index (χ4n) is 2.51. The smallest absolute Gasteiger partial charge is 0.347 e. The standard InChI is InChI=1S/C15H15N3O3/c1-3-9(2)18-13(14(16)17-15(18)19)10-4-5-11-12(8-10)21-7-6-20-11/h1,4-5,8-9,13H,6-7H2,2H3,(H2,16,17,19). The highest BCUT2D eigenvalue weighted by Crippen LogP contribution is 2.36. The molecular weight excluding hydrogens is 270 g/mol. The summed E-state index contributed by atoms with van der Waals surface area (Å²) in [6, 6.07) is 4.17. The Hall–Kier alpha value is -2.68. The lowest BCUT2D eigenvalue weighted by atomic mass is 10.0. The second kappa shape index (κ2) is 5.02. The van der Waals surface area contributed by atoms with E-state index in [4.69, 9.17) is 21.6 Å². The van der Waals surface area contributed by atoms with E-state index in [0.717, 1.165) is 5.56 Å². The van der Waals surface area contributed by atoms with Gasteiger partial charge in [0.05, 0.1) is 6.04 Å². The first-order chi connectivity index (χ1) is 10.1. The summed E-state index contributed by atoms with van der Waals surface area (Å²) in [4.78, 5) is 17.3. The molecule has 1 aromatic rings. The fourth-order valence-corrected chi connectivity index (χ4v) is 2.51. The molecule has 6 heteroatoms. The molecule has 0 saturated carbocycles. The number of carbonyl (C=O) groups is 1. The number of nitrogens with zero attached hydrogens (tertiary/aromatic N) is 2. The Balaban J connectivity index is 2.00. The first kappa shape index (κ1) is 13.3. The van der Waals surface area contributed by atoms with E-state index in [1.54, 1.807) is 13.0 Å². The van der Waals surface area contributed by atoms with Gasteiger partial charge in [-0.05, 0) is 24.6 Å². The molecule has 2 amide bonds. The van der Waals surface area contributed by atoms with E-state index in [0.29, 0.717) is 24.7 Å². The number of urea groups is 1. The number of nitrogens with two attached hydrogens (primary N) is 1. The van der Waals surface area contributed by atoms with Crippen LogP contribution < -0.4 is 15.2 Å². The molecule has 21 heavy (non-hydrogen) atoms. The highest BCUT2D eigenvalue weighted by Gasteiger charge is 2.37. The monoisotopic (exact) mass is 285 g/mol. The molecule has 0 bridgehead atoms. The Morgan fingerprint density at radius 3 is 2.86 bits per heavy atom. The van der Waals surface area contributed by atoms with E-state index < -0.39 is 18.1 Å². The third-order valence-electron chi connectivity index (χ3n) is 3.54. The maximum atomic E-state index is 12.0. The van der Waals surface area contributed by atoms with Crippen LogP contribution in [0.5, 0.6) is 11.5 Å². The van der Waals surface area contributed by atoms with Crippen LogP contribution >= 0.6 is 0 Å². The Labute approximate surface area is 122 Å². The SMILES string of the molecule is C#CC(C)N1C(=O)N=C(N)C1c1ccc2c(c1)OCCO2. The van der Waals surface area contributed by atoms with Gasteiger partial charge in [0.25, 0.3) is 0 Å². The van der Waals surface area contributed by atoms with Gasteiger partial charge in [-0.3, -0.25) is 4.90 Å². The summed E-state index contributed by atoms with van der Waals surface area (Å²) in [6.07, 6.45) is 5.43. The zero-order valence-electron chi connectivity index (χ0n) is 11.6. The Morgan fingerprint density at radius 2 is 2.14 bits per heavy atom. The highest BCUT2D eigenvalue weighted by atomic mass is 16.6. The summed E-state index contributed by atoms with van der Waals surface area (Å²) in [7, 11) is 0. The fraction of sp³-hybridized carbons (Fsp3) is 0.333. The minimum atomic E-state index is -0.473. The van der Waals surface area contributed by atoms with Crippen LogP contribution in [0.25, 0.3) is 0 Å². The van der Waals surface area contributed by atoms with Crippen molar-refractivity contribution in [2.45, 2.75) is 19.0 Å². The molecule has 3 rings (SSSR count). The van der Waals surface area contributed by atoms with Gasteiger partial charge in [-0.1, -0.05) is 12.0 Å². The van der Waals surface area contributed by atoms with Gasteiger partial charge in [0.1, 0.15) is 25.1 Å². The van der Waals surface area contributed by atoms with E-state index in [2.05, 4.69) is 10.9 Å². The summed E-state index contributed by atoms with van der Waals surface area (Å²) < 4.78 is 11.0. The van der Waals surface area contributed by atoms with Gasteiger partial charge in [0.2, 0.25) is 0 Å². The van der Waals surface area contributed by atoms with Crippen molar-refractivity contribution in [1.29, 1.82) is 0 Å². The quantitative estimate of drug-likeness (QED) is 0.831. The van der Waals surface area contributed by atoms with Crippen LogP contribution in [0.4, 0.5) is 4.79 Å². The Bertz CT molecular complexity index is 663. The molecule has 2 unspecified atom stereocenters. The number of carbonyl (C=O) groups excluding carboxylic acids is 1. The molecular formula is C15H15N3O3. The number of ether oxygens (including phenoxy) is 2. The van der Waals surface area contributed by atoms with E-state index in [9.17, 15) is 4.79 Å². The van der Waals surface area contributed by atoms with Gasteiger partial charge in [-0.25, -0.2) is 4.79 Å². The maximum Gasteiger partial charge on any atom is 0.347 e. The van der Waals surface area contributed by atoms with Crippen LogP contribution in [0.3, 0.4) is 0 Å². The molecule has 0 radical (unpaired) electrons. The highest BCUT2D eigenvalue weighted by molar-refractivity contribution is 6.03.